The summed E-state index contributed by atoms with van der Waals surface area (Å²) in [6.45, 7) is 8.73. The molecule has 0 amide bonds. The van der Waals surface area contributed by atoms with E-state index in [1.807, 2.05) is 19.9 Å². The summed E-state index contributed by atoms with van der Waals surface area (Å²) in [6, 6.07) is 0. The molecule has 0 saturated carbocycles. The predicted molar refractivity (Wildman–Crippen MR) is 58.8 cm³/mol. The van der Waals surface area contributed by atoms with Crippen LogP contribution >= 0.6 is 0 Å². The number of ether oxygens (including phenoxy) is 2. The van der Waals surface area contributed by atoms with Gasteiger partial charge in [-0.3, -0.25) is 0 Å². The van der Waals surface area contributed by atoms with E-state index in [1.54, 1.807) is 12.2 Å². The van der Waals surface area contributed by atoms with Gasteiger partial charge in [0.15, 0.2) is 6.29 Å². The van der Waals surface area contributed by atoms with Crippen molar-refractivity contribution in [2.24, 2.45) is 0 Å². The molecule has 0 saturated heterocycles. The molecule has 78 valence electrons. The van der Waals surface area contributed by atoms with Gasteiger partial charge in [0.25, 0.3) is 0 Å². The van der Waals surface area contributed by atoms with E-state index < -0.39 is 0 Å². The summed E-state index contributed by atoms with van der Waals surface area (Å²) >= 11 is 0. The SMILES string of the molecule is C=CC#C/C=C\CC(OCC)OCC. The van der Waals surface area contributed by atoms with Crippen molar-refractivity contribution in [2.75, 3.05) is 13.2 Å². The Morgan fingerprint density at radius 3 is 2.36 bits per heavy atom. The molecule has 0 rings (SSSR count). The van der Waals surface area contributed by atoms with Gasteiger partial charge in [0.05, 0.1) is 0 Å². The predicted octanol–water partition coefficient (Wildman–Crippen LogP) is 2.52. The van der Waals surface area contributed by atoms with Gasteiger partial charge in [-0.2, -0.15) is 0 Å². The summed E-state index contributed by atoms with van der Waals surface area (Å²) in [6.07, 6.45) is 5.87. The fourth-order valence-corrected chi connectivity index (χ4v) is 0.901. The smallest absolute Gasteiger partial charge is 0.160 e. The molecule has 0 radical (unpaired) electrons. The summed E-state index contributed by atoms with van der Waals surface area (Å²) < 4.78 is 10.7. The average Bonchev–Trinajstić information content (AvgIpc) is 2.18. The molecule has 14 heavy (non-hydrogen) atoms. The Labute approximate surface area is 86.6 Å². The van der Waals surface area contributed by atoms with Gasteiger partial charge >= 0.3 is 0 Å². The summed E-state index contributed by atoms with van der Waals surface area (Å²) in [5.41, 5.74) is 0. The van der Waals surface area contributed by atoms with Crippen molar-refractivity contribution in [3.05, 3.63) is 24.8 Å². The second-order valence-corrected chi connectivity index (χ2v) is 2.47. The highest BCUT2D eigenvalue weighted by Crippen LogP contribution is 2.01. The summed E-state index contributed by atoms with van der Waals surface area (Å²) in [5, 5.41) is 0. The summed E-state index contributed by atoms with van der Waals surface area (Å²) in [4.78, 5) is 0. The van der Waals surface area contributed by atoms with E-state index in [1.165, 1.54) is 0 Å². The molecular weight excluding hydrogens is 176 g/mol. The molecule has 0 aromatic carbocycles. The van der Waals surface area contributed by atoms with Gasteiger partial charge in [-0.1, -0.05) is 24.5 Å². The molecule has 0 atom stereocenters. The van der Waals surface area contributed by atoms with Crippen LogP contribution in [0.5, 0.6) is 0 Å². The van der Waals surface area contributed by atoms with Crippen LogP contribution in [-0.4, -0.2) is 19.5 Å². The molecule has 0 aliphatic heterocycles. The minimum Gasteiger partial charge on any atom is -0.353 e. The number of hydrogen-bond acceptors (Lipinski definition) is 2. The van der Waals surface area contributed by atoms with E-state index in [0.29, 0.717) is 13.2 Å². The van der Waals surface area contributed by atoms with Gasteiger partial charge < -0.3 is 9.47 Å². The Hall–Kier alpha value is -1.04. The van der Waals surface area contributed by atoms with Crippen molar-refractivity contribution in [3.63, 3.8) is 0 Å². The third kappa shape index (κ3) is 7.60. The molecule has 0 heterocycles. The molecule has 2 nitrogen and oxygen atoms in total. The van der Waals surface area contributed by atoms with Gasteiger partial charge in [0, 0.05) is 19.6 Å². The second kappa shape index (κ2) is 10.0. The van der Waals surface area contributed by atoms with E-state index in [0.717, 1.165) is 6.42 Å². The van der Waals surface area contributed by atoms with Gasteiger partial charge in [0.2, 0.25) is 0 Å². The molecule has 0 aromatic heterocycles. The summed E-state index contributed by atoms with van der Waals surface area (Å²) in [5.74, 6) is 5.55. The molecule has 0 aliphatic rings. The lowest BCUT2D eigenvalue weighted by Crippen LogP contribution is -2.16. The van der Waals surface area contributed by atoms with E-state index in [2.05, 4.69) is 18.4 Å². The molecule has 0 aliphatic carbocycles. The first-order valence-electron chi connectivity index (χ1n) is 4.85. The third-order valence-electron chi connectivity index (χ3n) is 1.42. The maximum absolute atomic E-state index is 5.35. The zero-order valence-corrected chi connectivity index (χ0v) is 8.95. The van der Waals surface area contributed by atoms with E-state index in [4.69, 9.17) is 9.47 Å². The van der Waals surface area contributed by atoms with Crippen LogP contribution < -0.4 is 0 Å². The van der Waals surface area contributed by atoms with Gasteiger partial charge in [-0.05, 0) is 26.0 Å². The topological polar surface area (TPSA) is 18.5 Å². The van der Waals surface area contributed by atoms with Crippen LogP contribution in [0.25, 0.3) is 0 Å². The fraction of sp³-hybridized carbons (Fsp3) is 0.500. The van der Waals surface area contributed by atoms with Crippen LogP contribution in [0.2, 0.25) is 0 Å². The Balaban J connectivity index is 3.79. The lowest BCUT2D eigenvalue weighted by Gasteiger charge is -2.14. The van der Waals surface area contributed by atoms with E-state index >= 15 is 0 Å². The van der Waals surface area contributed by atoms with Crippen LogP contribution in [0.4, 0.5) is 0 Å². The molecule has 0 unspecified atom stereocenters. The molecular formula is C12H18O2. The van der Waals surface area contributed by atoms with Crippen LogP contribution in [0.1, 0.15) is 20.3 Å². The van der Waals surface area contributed by atoms with Gasteiger partial charge in [-0.15, -0.1) is 0 Å². The minimum absolute atomic E-state index is 0.146. The lowest BCUT2D eigenvalue weighted by molar-refractivity contribution is -0.133. The Bertz CT molecular complexity index is 214. The van der Waals surface area contributed by atoms with Crippen LogP contribution in [0.15, 0.2) is 24.8 Å². The van der Waals surface area contributed by atoms with Crippen LogP contribution in [0.3, 0.4) is 0 Å². The first kappa shape index (κ1) is 13.0. The van der Waals surface area contributed by atoms with Crippen molar-refractivity contribution in [2.45, 2.75) is 26.6 Å². The Morgan fingerprint density at radius 1 is 1.21 bits per heavy atom. The van der Waals surface area contributed by atoms with Crippen molar-refractivity contribution >= 4 is 0 Å². The van der Waals surface area contributed by atoms with Crippen molar-refractivity contribution in [3.8, 4) is 11.8 Å². The van der Waals surface area contributed by atoms with Gasteiger partial charge in [-0.25, -0.2) is 0 Å². The quantitative estimate of drug-likeness (QED) is 0.478. The Kier molecular flexibility index (Phi) is 9.30. The molecule has 0 aromatic rings. The zero-order chi connectivity index (χ0) is 10.6. The maximum Gasteiger partial charge on any atom is 0.160 e. The van der Waals surface area contributed by atoms with Crippen molar-refractivity contribution in [1.29, 1.82) is 0 Å². The van der Waals surface area contributed by atoms with Crippen LogP contribution in [-0.2, 0) is 9.47 Å². The molecule has 2 heteroatoms. The largest absolute Gasteiger partial charge is 0.353 e. The third-order valence-corrected chi connectivity index (χ3v) is 1.42. The van der Waals surface area contributed by atoms with E-state index in [-0.39, 0.29) is 6.29 Å². The highest BCUT2D eigenvalue weighted by Gasteiger charge is 2.03. The molecule has 0 bridgehead atoms. The monoisotopic (exact) mass is 194 g/mol. The minimum atomic E-state index is -0.146. The first-order valence-corrected chi connectivity index (χ1v) is 4.85. The van der Waals surface area contributed by atoms with Crippen molar-refractivity contribution in [1.82, 2.24) is 0 Å². The van der Waals surface area contributed by atoms with Crippen molar-refractivity contribution < 1.29 is 9.47 Å². The maximum atomic E-state index is 5.35. The molecule has 0 N–H and O–H groups in total. The Morgan fingerprint density at radius 2 is 1.86 bits per heavy atom. The highest BCUT2D eigenvalue weighted by atomic mass is 16.7. The fourth-order valence-electron chi connectivity index (χ4n) is 0.901. The number of rotatable bonds is 6. The zero-order valence-electron chi connectivity index (χ0n) is 8.95. The lowest BCUT2D eigenvalue weighted by atomic mass is 10.3. The molecule has 0 spiro atoms. The summed E-state index contributed by atoms with van der Waals surface area (Å²) in [7, 11) is 0. The second-order valence-electron chi connectivity index (χ2n) is 2.47. The highest BCUT2D eigenvalue weighted by molar-refractivity contribution is 5.21. The number of hydrogen-bond donors (Lipinski definition) is 0. The van der Waals surface area contributed by atoms with Crippen LogP contribution in [0, 0.1) is 11.8 Å². The average molecular weight is 194 g/mol. The van der Waals surface area contributed by atoms with E-state index in [9.17, 15) is 0 Å². The molecule has 0 fully saturated rings. The normalized spacial score (nSPS) is 10.2. The number of allylic oxidation sites excluding steroid dienone is 2. The first-order chi connectivity index (χ1) is 6.85. The van der Waals surface area contributed by atoms with Gasteiger partial charge in [0.1, 0.15) is 0 Å². The standard InChI is InChI=1S/C12H18O2/c1-4-7-8-9-10-11-12(13-5-2)14-6-3/h4,9-10,12H,1,5-6,11H2,2-3H3/b10-9-.